The zero-order valence-corrected chi connectivity index (χ0v) is 20.1. The molecule has 1 aliphatic carbocycles. The van der Waals surface area contributed by atoms with Crippen LogP contribution < -0.4 is 10.9 Å². The highest BCUT2D eigenvalue weighted by Gasteiger charge is 2.21. The van der Waals surface area contributed by atoms with E-state index in [4.69, 9.17) is 5.26 Å². The van der Waals surface area contributed by atoms with Gasteiger partial charge in [0.1, 0.15) is 10.7 Å². The summed E-state index contributed by atoms with van der Waals surface area (Å²) < 4.78 is 0. The number of aromatic amines is 1. The molecule has 0 radical (unpaired) electrons. The van der Waals surface area contributed by atoms with Crippen molar-refractivity contribution in [3.05, 3.63) is 62.0 Å². The van der Waals surface area contributed by atoms with Gasteiger partial charge < -0.3 is 10.3 Å². The highest BCUT2D eigenvalue weighted by Crippen LogP contribution is 2.34. The predicted octanol–water partition coefficient (Wildman–Crippen LogP) is 4.02. The Morgan fingerprint density at radius 1 is 1.22 bits per heavy atom. The number of aryl methyl sites for hydroxylation is 2. The fourth-order valence-corrected chi connectivity index (χ4v) is 6.68. The lowest BCUT2D eigenvalue weighted by Crippen LogP contribution is -2.26. The molecule has 0 bridgehead atoms. The van der Waals surface area contributed by atoms with Crippen molar-refractivity contribution in [1.82, 2.24) is 15.3 Å². The number of nitrogens with zero attached hydrogens (tertiary/aromatic N) is 2. The topological polar surface area (TPSA) is 98.6 Å². The number of amides is 1. The van der Waals surface area contributed by atoms with Crippen LogP contribution in [0.25, 0.3) is 10.2 Å². The maximum absolute atomic E-state index is 12.5. The van der Waals surface area contributed by atoms with Gasteiger partial charge in [-0.1, -0.05) is 18.2 Å². The Labute approximate surface area is 199 Å². The summed E-state index contributed by atoms with van der Waals surface area (Å²) in [7, 11) is 0. The zero-order chi connectivity index (χ0) is 22.3. The number of carbonyl (C=O) groups excluding carboxylic acids is 1. The van der Waals surface area contributed by atoms with Gasteiger partial charge in [-0.2, -0.15) is 28.8 Å². The van der Waals surface area contributed by atoms with Crippen molar-refractivity contribution in [2.75, 3.05) is 18.1 Å². The third-order valence-corrected chi connectivity index (χ3v) is 8.46. The van der Waals surface area contributed by atoms with Crippen molar-refractivity contribution >= 4 is 51.0 Å². The number of aromatic nitrogens is 2. The molecule has 0 atom stereocenters. The molecule has 166 valence electrons. The maximum atomic E-state index is 12.5. The number of thioether (sulfide) groups is 2. The first-order chi connectivity index (χ1) is 15.7. The number of H-pyrrole nitrogens is 1. The Bertz CT molecular complexity index is 1210. The molecule has 0 unspecified atom stereocenters. The van der Waals surface area contributed by atoms with Crippen LogP contribution in [0, 0.1) is 11.3 Å². The number of rotatable bonds is 10. The lowest BCUT2D eigenvalue weighted by molar-refractivity contribution is -0.120. The lowest BCUT2D eigenvalue weighted by Gasteiger charge is -2.06. The van der Waals surface area contributed by atoms with Crippen molar-refractivity contribution < 1.29 is 4.79 Å². The zero-order valence-electron chi connectivity index (χ0n) is 17.6. The number of benzene rings is 1. The molecule has 6 nitrogen and oxygen atoms in total. The number of fused-ring (bicyclic) bond motifs is 3. The summed E-state index contributed by atoms with van der Waals surface area (Å²) in [6.45, 7) is 0.609. The van der Waals surface area contributed by atoms with E-state index < -0.39 is 0 Å². The molecular formula is C23H24N4O2S3. The molecule has 2 heterocycles. The molecule has 0 saturated carbocycles. The van der Waals surface area contributed by atoms with Gasteiger partial charge in [-0.15, -0.1) is 11.3 Å². The van der Waals surface area contributed by atoms with Crippen LogP contribution in [-0.4, -0.2) is 33.9 Å². The van der Waals surface area contributed by atoms with Crippen LogP contribution in [0.3, 0.4) is 0 Å². The minimum Gasteiger partial charge on any atom is -0.355 e. The van der Waals surface area contributed by atoms with E-state index in [0.29, 0.717) is 35.9 Å². The van der Waals surface area contributed by atoms with Gasteiger partial charge >= 0.3 is 0 Å². The van der Waals surface area contributed by atoms with Gasteiger partial charge in [0.05, 0.1) is 22.8 Å². The summed E-state index contributed by atoms with van der Waals surface area (Å²) >= 11 is 4.96. The Balaban J connectivity index is 1.14. The van der Waals surface area contributed by atoms with Gasteiger partial charge in [-0.25, -0.2) is 4.98 Å². The minimum absolute atomic E-state index is 0.0297. The van der Waals surface area contributed by atoms with Gasteiger partial charge in [-0.3, -0.25) is 9.59 Å². The fraction of sp³-hybridized carbons (Fsp3) is 0.391. The van der Waals surface area contributed by atoms with Crippen LogP contribution in [0.15, 0.2) is 29.1 Å². The van der Waals surface area contributed by atoms with Crippen LogP contribution in [0.4, 0.5) is 0 Å². The quantitative estimate of drug-likeness (QED) is 0.422. The largest absolute Gasteiger partial charge is 0.355 e. The van der Waals surface area contributed by atoms with Crippen molar-refractivity contribution in [3.63, 3.8) is 0 Å². The first-order valence-electron chi connectivity index (χ1n) is 10.6. The highest BCUT2D eigenvalue weighted by molar-refractivity contribution is 7.98. The van der Waals surface area contributed by atoms with E-state index in [1.165, 1.54) is 10.4 Å². The molecule has 0 spiro atoms. The number of thiophene rings is 1. The SMILES string of the molecule is N#Cc1ccccc1CSCCNC(=O)CCSCc1nc2sc3c(c2c(=O)[nH]1)CCC3. The molecule has 3 aromatic rings. The van der Waals surface area contributed by atoms with Crippen LogP contribution in [-0.2, 0) is 29.1 Å². The lowest BCUT2D eigenvalue weighted by atomic mass is 10.1. The van der Waals surface area contributed by atoms with Crippen molar-refractivity contribution in [1.29, 1.82) is 5.26 Å². The summed E-state index contributed by atoms with van der Waals surface area (Å²) in [6, 6.07) is 9.80. The standard InChI is InChI=1S/C23H24N4O2S3/c24-12-15-4-1-2-5-16(15)13-31-11-9-25-20(28)8-10-30-14-19-26-22(29)21-17-6-3-7-18(17)32-23(21)27-19/h1-2,4-5H,3,6-11,13-14H2,(H,25,28)(H,26,27,29). The van der Waals surface area contributed by atoms with Gasteiger partial charge in [0.15, 0.2) is 0 Å². The van der Waals surface area contributed by atoms with Crippen LogP contribution >= 0.6 is 34.9 Å². The average molecular weight is 485 g/mol. The Morgan fingerprint density at radius 3 is 2.94 bits per heavy atom. The average Bonchev–Trinajstić information content (AvgIpc) is 3.38. The van der Waals surface area contributed by atoms with Crippen LogP contribution in [0.1, 0.15) is 40.2 Å². The van der Waals surface area contributed by atoms with E-state index in [1.54, 1.807) is 34.9 Å². The summed E-state index contributed by atoms with van der Waals surface area (Å²) in [4.78, 5) is 34.2. The molecule has 1 amide bonds. The van der Waals surface area contributed by atoms with E-state index in [1.807, 2.05) is 24.3 Å². The molecule has 2 aromatic heterocycles. The fourth-order valence-electron chi connectivity index (χ4n) is 3.74. The monoisotopic (exact) mass is 484 g/mol. The molecular weight excluding hydrogens is 460 g/mol. The molecule has 2 N–H and O–H groups in total. The van der Waals surface area contributed by atoms with E-state index in [9.17, 15) is 9.59 Å². The summed E-state index contributed by atoms with van der Waals surface area (Å²) in [5.41, 5.74) is 2.90. The molecule has 4 rings (SSSR count). The highest BCUT2D eigenvalue weighted by atomic mass is 32.2. The number of nitriles is 1. The smallest absolute Gasteiger partial charge is 0.259 e. The number of nitrogens with one attached hydrogen (secondary N) is 2. The third kappa shape index (κ3) is 5.55. The molecule has 1 aliphatic rings. The Morgan fingerprint density at radius 2 is 2.06 bits per heavy atom. The normalized spacial score (nSPS) is 12.6. The molecule has 0 fully saturated rings. The molecule has 32 heavy (non-hydrogen) atoms. The van der Waals surface area contributed by atoms with Gasteiger partial charge in [0.2, 0.25) is 5.91 Å². The van der Waals surface area contributed by atoms with E-state index in [2.05, 4.69) is 21.4 Å². The summed E-state index contributed by atoms with van der Waals surface area (Å²) in [6.07, 6.45) is 3.60. The second kappa shape index (κ2) is 11.0. The van der Waals surface area contributed by atoms with Crippen molar-refractivity contribution in [2.45, 2.75) is 37.2 Å². The number of carbonyl (C=O) groups is 1. The van der Waals surface area contributed by atoms with Crippen LogP contribution in [0.5, 0.6) is 0 Å². The minimum atomic E-state index is -0.0300. The van der Waals surface area contributed by atoms with Crippen molar-refractivity contribution in [3.8, 4) is 6.07 Å². The molecule has 1 aromatic carbocycles. The maximum Gasteiger partial charge on any atom is 0.259 e. The molecule has 9 heteroatoms. The second-order valence-electron chi connectivity index (χ2n) is 7.52. The third-order valence-electron chi connectivity index (χ3n) is 5.30. The summed E-state index contributed by atoms with van der Waals surface area (Å²) in [5, 5.41) is 12.8. The first-order valence-corrected chi connectivity index (χ1v) is 13.7. The number of hydrogen-bond donors (Lipinski definition) is 2. The van der Waals surface area contributed by atoms with Crippen LogP contribution in [0.2, 0.25) is 0 Å². The summed E-state index contributed by atoms with van der Waals surface area (Å²) in [5.74, 6) is 3.54. The van der Waals surface area contributed by atoms with E-state index in [-0.39, 0.29) is 11.5 Å². The van der Waals surface area contributed by atoms with Gasteiger partial charge in [-0.05, 0) is 36.5 Å². The van der Waals surface area contributed by atoms with Gasteiger partial charge in [0, 0.05) is 35.1 Å². The predicted molar refractivity (Wildman–Crippen MR) is 133 cm³/mol. The molecule has 0 aliphatic heterocycles. The van der Waals surface area contributed by atoms with Crippen molar-refractivity contribution in [2.24, 2.45) is 0 Å². The van der Waals surface area contributed by atoms with Gasteiger partial charge in [0.25, 0.3) is 5.56 Å². The number of hydrogen-bond acceptors (Lipinski definition) is 7. The first kappa shape index (κ1) is 22.9. The Kier molecular flexibility index (Phi) is 7.90. The Hall–Kier alpha value is -2.28. The molecule has 0 saturated heterocycles. The second-order valence-corrected chi connectivity index (χ2v) is 10.8. The van der Waals surface area contributed by atoms with E-state index >= 15 is 0 Å². The van der Waals surface area contributed by atoms with E-state index in [0.717, 1.165) is 46.5 Å².